The Morgan fingerprint density at radius 2 is 2.24 bits per heavy atom. The molecule has 0 spiro atoms. The van der Waals surface area contributed by atoms with Gasteiger partial charge < -0.3 is 15.4 Å². The molecule has 1 atom stereocenters. The molecule has 0 saturated carbocycles. The number of nitrogens with two attached hydrogens (primary N) is 1. The Morgan fingerprint density at radius 3 is 2.88 bits per heavy atom. The third-order valence-electron chi connectivity index (χ3n) is 3.19. The molecule has 0 radical (unpaired) electrons. The summed E-state index contributed by atoms with van der Waals surface area (Å²) in [6, 6.07) is 0.383. The minimum Gasteiger partial charge on any atom is -0.385 e. The second-order valence-electron chi connectivity index (χ2n) is 4.41. The Kier molecular flexibility index (Phi) is 9.50. The number of methoxy groups -OCH3 is 1. The van der Waals surface area contributed by atoms with Crippen LogP contribution in [0.5, 0.6) is 0 Å². The van der Waals surface area contributed by atoms with Gasteiger partial charge in [-0.15, -0.1) is 12.4 Å². The molecule has 102 valence electrons. The zero-order valence-corrected chi connectivity index (χ0v) is 11.5. The maximum atomic E-state index is 12.0. The van der Waals surface area contributed by atoms with Crippen molar-refractivity contribution < 1.29 is 9.53 Å². The fourth-order valence-electron chi connectivity index (χ4n) is 2.33. The average molecular weight is 265 g/mol. The lowest BCUT2D eigenvalue weighted by molar-refractivity contribution is -0.135. The van der Waals surface area contributed by atoms with Crippen LogP contribution in [0.1, 0.15) is 38.5 Å². The predicted molar refractivity (Wildman–Crippen MR) is 71.4 cm³/mol. The van der Waals surface area contributed by atoms with Crippen molar-refractivity contribution in [3.05, 3.63) is 0 Å². The predicted octanol–water partition coefficient (Wildman–Crippen LogP) is 1.56. The van der Waals surface area contributed by atoms with Crippen molar-refractivity contribution in [1.29, 1.82) is 0 Å². The molecule has 1 fully saturated rings. The molecular formula is C12H25ClN2O2. The number of carbonyl (C=O) groups excluding carboxylic acids is 1. The van der Waals surface area contributed by atoms with Gasteiger partial charge in [0.15, 0.2) is 0 Å². The SMILES string of the molecule is COCCCC(=O)N1CCCCC1CCN.Cl. The van der Waals surface area contributed by atoms with Gasteiger partial charge in [0, 0.05) is 32.7 Å². The van der Waals surface area contributed by atoms with Gasteiger partial charge in [-0.3, -0.25) is 4.79 Å². The summed E-state index contributed by atoms with van der Waals surface area (Å²) in [6.45, 7) is 2.25. The van der Waals surface area contributed by atoms with Crippen LogP contribution >= 0.6 is 12.4 Å². The van der Waals surface area contributed by atoms with E-state index in [0.717, 1.165) is 32.2 Å². The van der Waals surface area contributed by atoms with Crippen molar-refractivity contribution in [2.75, 3.05) is 26.8 Å². The third kappa shape index (κ3) is 5.70. The quantitative estimate of drug-likeness (QED) is 0.741. The van der Waals surface area contributed by atoms with Crippen molar-refractivity contribution in [1.82, 2.24) is 4.90 Å². The number of rotatable bonds is 6. The van der Waals surface area contributed by atoms with E-state index in [-0.39, 0.29) is 18.3 Å². The van der Waals surface area contributed by atoms with Gasteiger partial charge in [-0.2, -0.15) is 0 Å². The van der Waals surface area contributed by atoms with Crippen molar-refractivity contribution in [3.63, 3.8) is 0 Å². The first-order valence-electron chi connectivity index (χ1n) is 6.28. The smallest absolute Gasteiger partial charge is 0.222 e. The summed E-state index contributed by atoms with van der Waals surface area (Å²) in [6.07, 6.45) is 5.85. The molecule has 5 heteroatoms. The molecule has 1 aliphatic rings. The van der Waals surface area contributed by atoms with Gasteiger partial charge in [0.25, 0.3) is 0 Å². The molecule has 4 nitrogen and oxygen atoms in total. The summed E-state index contributed by atoms with van der Waals surface area (Å²) in [5.74, 6) is 0.273. The average Bonchev–Trinajstić information content (AvgIpc) is 2.30. The highest BCUT2D eigenvalue weighted by atomic mass is 35.5. The molecule has 1 unspecified atom stereocenters. The molecule has 1 saturated heterocycles. The molecule has 17 heavy (non-hydrogen) atoms. The summed E-state index contributed by atoms with van der Waals surface area (Å²) in [5.41, 5.74) is 5.59. The van der Waals surface area contributed by atoms with Crippen LogP contribution in [0.4, 0.5) is 0 Å². The van der Waals surface area contributed by atoms with Gasteiger partial charge in [0.05, 0.1) is 0 Å². The molecule has 0 aliphatic carbocycles. The molecule has 0 aromatic carbocycles. The summed E-state index contributed by atoms with van der Waals surface area (Å²) < 4.78 is 4.96. The number of hydrogen-bond donors (Lipinski definition) is 1. The first-order chi connectivity index (χ1) is 7.79. The van der Waals surface area contributed by atoms with Crippen LogP contribution in [0.2, 0.25) is 0 Å². The summed E-state index contributed by atoms with van der Waals surface area (Å²) >= 11 is 0. The number of piperidine rings is 1. The first-order valence-corrected chi connectivity index (χ1v) is 6.28. The summed E-state index contributed by atoms with van der Waals surface area (Å²) in [7, 11) is 1.67. The molecule has 1 aliphatic heterocycles. The lowest BCUT2D eigenvalue weighted by atomic mass is 9.99. The Bertz CT molecular complexity index is 213. The maximum Gasteiger partial charge on any atom is 0.222 e. The van der Waals surface area contributed by atoms with Crippen LogP contribution < -0.4 is 5.73 Å². The van der Waals surface area contributed by atoms with Gasteiger partial charge in [-0.05, 0) is 38.6 Å². The number of carbonyl (C=O) groups is 1. The van der Waals surface area contributed by atoms with Crippen molar-refractivity contribution in [2.24, 2.45) is 5.73 Å². The van der Waals surface area contributed by atoms with E-state index in [2.05, 4.69) is 0 Å². The first kappa shape index (κ1) is 16.7. The Hall–Kier alpha value is -0.320. The minimum absolute atomic E-state index is 0. The normalized spacial score (nSPS) is 19.9. The summed E-state index contributed by atoms with van der Waals surface area (Å²) in [4.78, 5) is 14.0. The van der Waals surface area contributed by atoms with E-state index in [1.165, 1.54) is 6.42 Å². The summed E-state index contributed by atoms with van der Waals surface area (Å²) in [5, 5.41) is 0. The Balaban J connectivity index is 0.00000256. The number of ether oxygens (including phenoxy) is 1. The molecular weight excluding hydrogens is 240 g/mol. The fourth-order valence-corrected chi connectivity index (χ4v) is 2.33. The van der Waals surface area contributed by atoms with Gasteiger partial charge in [-0.25, -0.2) is 0 Å². The molecule has 0 aromatic rings. The monoisotopic (exact) mass is 264 g/mol. The fraction of sp³-hybridized carbons (Fsp3) is 0.917. The van der Waals surface area contributed by atoms with Gasteiger partial charge in [0.2, 0.25) is 5.91 Å². The minimum atomic E-state index is 0. The van der Waals surface area contributed by atoms with Crippen molar-refractivity contribution in [3.8, 4) is 0 Å². The van der Waals surface area contributed by atoms with Crippen molar-refractivity contribution >= 4 is 18.3 Å². The second-order valence-corrected chi connectivity index (χ2v) is 4.41. The van der Waals surface area contributed by atoms with Gasteiger partial charge in [0.1, 0.15) is 0 Å². The molecule has 0 aromatic heterocycles. The van der Waals surface area contributed by atoms with E-state index in [9.17, 15) is 4.79 Å². The van der Waals surface area contributed by atoms with E-state index in [1.54, 1.807) is 7.11 Å². The van der Waals surface area contributed by atoms with E-state index in [1.807, 2.05) is 4.90 Å². The third-order valence-corrected chi connectivity index (χ3v) is 3.19. The highest BCUT2D eigenvalue weighted by molar-refractivity contribution is 5.85. The molecule has 1 rings (SSSR count). The topological polar surface area (TPSA) is 55.6 Å². The zero-order chi connectivity index (χ0) is 11.8. The molecule has 1 amide bonds. The van der Waals surface area contributed by atoms with Crippen molar-refractivity contribution in [2.45, 2.75) is 44.6 Å². The van der Waals surface area contributed by atoms with Crippen LogP contribution in [-0.2, 0) is 9.53 Å². The zero-order valence-electron chi connectivity index (χ0n) is 10.7. The van der Waals surface area contributed by atoms with Gasteiger partial charge in [-0.1, -0.05) is 0 Å². The van der Waals surface area contributed by atoms with Crippen LogP contribution in [0.3, 0.4) is 0 Å². The number of halogens is 1. The number of nitrogens with zero attached hydrogens (tertiary/aromatic N) is 1. The van der Waals surface area contributed by atoms with E-state index in [4.69, 9.17) is 10.5 Å². The molecule has 0 bridgehead atoms. The van der Waals surface area contributed by atoms with Crippen LogP contribution in [0.25, 0.3) is 0 Å². The lowest BCUT2D eigenvalue weighted by Crippen LogP contribution is -2.44. The standard InChI is InChI=1S/C12H24N2O2.ClH/c1-16-10-4-6-12(15)14-9-3-2-5-11(14)7-8-13;/h11H,2-10,13H2,1H3;1H. The number of hydrogen-bond acceptors (Lipinski definition) is 3. The second kappa shape index (κ2) is 9.68. The van der Waals surface area contributed by atoms with Crippen LogP contribution in [-0.4, -0.2) is 43.7 Å². The Labute approximate surface area is 110 Å². The number of amides is 1. The highest BCUT2D eigenvalue weighted by Crippen LogP contribution is 2.20. The largest absolute Gasteiger partial charge is 0.385 e. The van der Waals surface area contributed by atoms with Crippen LogP contribution in [0, 0.1) is 0 Å². The van der Waals surface area contributed by atoms with E-state index >= 15 is 0 Å². The van der Waals surface area contributed by atoms with Gasteiger partial charge >= 0.3 is 0 Å². The maximum absolute atomic E-state index is 12.0. The Morgan fingerprint density at radius 1 is 1.47 bits per heavy atom. The van der Waals surface area contributed by atoms with Crippen LogP contribution in [0.15, 0.2) is 0 Å². The highest BCUT2D eigenvalue weighted by Gasteiger charge is 2.25. The lowest BCUT2D eigenvalue weighted by Gasteiger charge is -2.35. The van der Waals surface area contributed by atoms with E-state index < -0.39 is 0 Å². The molecule has 1 heterocycles. The van der Waals surface area contributed by atoms with E-state index in [0.29, 0.717) is 25.6 Å². The molecule has 2 N–H and O–H groups in total. The number of likely N-dealkylation sites (tertiary alicyclic amines) is 1.